The summed E-state index contributed by atoms with van der Waals surface area (Å²) >= 11 is 0. The second-order valence-corrected chi connectivity index (χ2v) is 6.51. The van der Waals surface area contributed by atoms with Gasteiger partial charge in [-0.25, -0.2) is 0 Å². The van der Waals surface area contributed by atoms with Crippen LogP contribution in [0.1, 0.15) is 38.7 Å². The Morgan fingerprint density at radius 1 is 1.50 bits per heavy atom. The third kappa shape index (κ3) is 3.03. The maximum Gasteiger partial charge on any atom is 0.243 e. The van der Waals surface area contributed by atoms with Crippen LogP contribution in [0.2, 0.25) is 0 Å². The molecule has 2 rings (SSSR count). The number of amides is 1. The van der Waals surface area contributed by atoms with Gasteiger partial charge in [0.15, 0.2) is 0 Å². The van der Waals surface area contributed by atoms with Crippen LogP contribution in [-0.2, 0) is 16.1 Å². The maximum absolute atomic E-state index is 12.7. The summed E-state index contributed by atoms with van der Waals surface area (Å²) in [5.41, 5.74) is 5.16. The lowest BCUT2D eigenvalue weighted by atomic mass is 9.54. The molecule has 1 heterocycles. The van der Waals surface area contributed by atoms with Gasteiger partial charge >= 0.3 is 0 Å². The fraction of sp³-hybridized carbons (Fsp3) is 0.688. The first kappa shape index (κ1) is 19.0. The van der Waals surface area contributed by atoms with Crippen molar-refractivity contribution in [2.45, 2.75) is 52.3 Å². The zero-order chi connectivity index (χ0) is 15.8. The zero-order valence-electron chi connectivity index (χ0n) is 14.0. The molecule has 1 fully saturated rings. The largest absolute Gasteiger partial charge is 0.464 e. The van der Waals surface area contributed by atoms with E-state index in [9.17, 15) is 4.79 Å². The highest BCUT2D eigenvalue weighted by Gasteiger charge is 2.63. The van der Waals surface area contributed by atoms with Crippen molar-refractivity contribution >= 4 is 18.3 Å². The van der Waals surface area contributed by atoms with E-state index in [4.69, 9.17) is 14.9 Å². The molecule has 126 valence electrons. The zero-order valence-corrected chi connectivity index (χ0v) is 14.8. The molecule has 0 bridgehead atoms. The van der Waals surface area contributed by atoms with Crippen molar-refractivity contribution in [2.75, 3.05) is 13.7 Å². The Labute approximate surface area is 138 Å². The van der Waals surface area contributed by atoms with Crippen LogP contribution in [0.3, 0.4) is 0 Å². The summed E-state index contributed by atoms with van der Waals surface area (Å²) in [4.78, 5) is 14.4. The lowest BCUT2D eigenvalue weighted by molar-refractivity contribution is -0.178. The average molecular weight is 331 g/mol. The number of furan rings is 1. The van der Waals surface area contributed by atoms with Crippen LogP contribution in [-0.4, -0.2) is 36.1 Å². The monoisotopic (exact) mass is 330 g/mol. The van der Waals surface area contributed by atoms with E-state index in [0.717, 1.165) is 11.5 Å². The summed E-state index contributed by atoms with van der Waals surface area (Å²) in [5, 5.41) is 0. The van der Waals surface area contributed by atoms with Crippen LogP contribution < -0.4 is 5.73 Å². The number of hydrogen-bond acceptors (Lipinski definition) is 4. The summed E-state index contributed by atoms with van der Waals surface area (Å²) in [5.74, 6) is 1.55. The van der Waals surface area contributed by atoms with Crippen molar-refractivity contribution in [3.8, 4) is 0 Å². The molecule has 1 saturated carbocycles. The van der Waals surface area contributed by atoms with Crippen molar-refractivity contribution in [3.63, 3.8) is 0 Å². The van der Waals surface area contributed by atoms with E-state index in [0.29, 0.717) is 19.6 Å². The molecule has 0 saturated heterocycles. The van der Waals surface area contributed by atoms with Gasteiger partial charge in [-0.05, 0) is 26.0 Å². The fourth-order valence-corrected chi connectivity index (χ4v) is 3.01. The van der Waals surface area contributed by atoms with Gasteiger partial charge in [0.2, 0.25) is 5.91 Å². The quantitative estimate of drug-likeness (QED) is 0.900. The summed E-state index contributed by atoms with van der Waals surface area (Å²) in [6.07, 6.45) is 0.601. The van der Waals surface area contributed by atoms with Crippen molar-refractivity contribution in [1.82, 2.24) is 4.90 Å². The van der Waals surface area contributed by atoms with Gasteiger partial charge in [-0.1, -0.05) is 13.8 Å². The van der Waals surface area contributed by atoms with Crippen LogP contribution in [0.5, 0.6) is 0 Å². The van der Waals surface area contributed by atoms with Crippen molar-refractivity contribution in [1.29, 1.82) is 0 Å². The number of halogens is 1. The van der Waals surface area contributed by atoms with E-state index >= 15 is 0 Å². The van der Waals surface area contributed by atoms with Crippen molar-refractivity contribution in [3.05, 3.63) is 23.7 Å². The van der Waals surface area contributed by atoms with E-state index in [2.05, 4.69) is 0 Å². The highest BCUT2D eigenvalue weighted by atomic mass is 35.5. The van der Waals surface area contributed by atoms with Crippen LogP contribution in [0, 0.1) is 12.3 Å². The Morgan fingerprint density at radius 2 is 2.14 bits per heavy atom. The molecule has 0 radical (unpaired) electrons. The van der Waals surface area contributed by atoms with Crippen LogP contribution in [0.4, 0.5) is 0 Å². The Bertz CT molecular complexity index is 529. The van der Waals surface area contributed by atoms with Crippen LogP contribution >= 0.6 is 12.4 Å². The maximum atomic E-state index is 12.7. The highest BCUT2D eigenvalue weighted by molar-refractivity contribution is 5.88. The molecule has 2 atom stereocenters. The van der Waals surface area contributed by atoms with Crippen LogP contribution in [0.25, 0.3) is 0 Å². The Kier molecular flexibility index (Phi) is 5.71. The number of aryl methyl sites for hydroxylation is 1. The molecule has 1 amide bonds. The average Bonchev–Trinajstić information content (AvgIpc) is 2.82. The number of likely N-dealkylation sites (N-methyl/N-ethyl adjacent to an activating group) is 1. The lowest BCUT2D eigenvalue weighted by Gasteiger charge is -2.58. The van der Waals surface area contributed by atoms with Gasteiger partial charge in [0.1, 0.15) is 17.1 Å². The molecule has 1 aromatic rings. The first-order chi connectivity index (χ1) is 9.72. The minimum Gasteiger partial charge on any atom is -0.464 e. The van der Waals surface area contributed by atoms with E-state index in [1.165, 1.54) is 0 Å². The third-order valence-corrected chi connectivity index (χ3v) is 4.75. The minimum absolute atomic E-state index is 0. The minimum atomic E-state index is -0.872. The van der Waals surface area contributed by atoms with Gasteiger partial charge in [0, 0.05) is 25.5 Å². The molecule has 1 aliphatic rings. The van der Waals surface area contributed by atoms with E-state index < -0.39 is 5.54 Å². The lowest BCUT2D eigenvalue weighted by Crippen LogP contribution is -2.75. The molecular weight excluding hydrogens is 304 g/mol. The van der Waals surface area contributed by atoms with Crippen molar-refractivity contribution in [2.24, 2.45) is 11.1 Å². The molecule has 2 N–H and O–H groups in total. The topological polar surface area (TPSA) is 68.7 Å². The smallest absolute Gasteiger partial charge is 0.243 e. The van der Waals surface area contributed by atoms with Gasteiger partial charge < -0.3 is 19.8 Å². The molecule has 1 aliphatic carbocycles. The first-order valence-corrected chi connectivity index (χ1v) is 7.43. The summed E-state index contributed by atoms with van der Waals surface area (Å²) < 4.78 is 11.2. The standard InChI is InChI=1S/C16H26N2O3.ClH/c1-6-20-13-9-16(17,15(13,3)4)14(19)18(5)10-12-8-7-11(2)21-12;/h7-8,13H,6,9-10,17H2,1-5H3;1H. The number of nitrogens with zero attached hydrogens (tertiary/aromatic N) is 1. The van der Waals surface area contributed by atoms with E-state index in [1.807, 2.05) is 39.8 Å². The SMILES string of the molecule is CCOC1CC(N)(C(=O)N(C)Cc2ccc(C)o2)C1(C)C.Cl. The third-order valence-electron chi connectivity index (χ3n) is 4.75. The number of rotatable bonds is 5. The summed E-state index contributed by atoms with van der Waals surface area (Å²) in [6.45, 7) is 8.91. The van der Waals surface area contributed by atoms with Crippen LogP contribution in [0.15, 0.2) is 16.5 Å². The van der Waals surface area contributed by atoms with Gasteiger partial charge in [0.05, 0.1) is 12.6 Å². The normalized spacial score (nSPS) is 26.0. The Hall–Kier alpha value is -1.04. The Balaban J connectivity index is 0.00000242. The van der Waals surface area contributed by atoms with Gasteiger partial charge in [0.25, 0.3) is 0 Å². The number of carbonyl (C=O) groups is 1. The number of carbonyl (C=O) groups excluding carboxylic acids is 1. The molecule has 0 aliphatic heterocycles. The molecule has 5 nitrogen and oxygen atoms in total. The van der Waals surface area contributed by atoms with Gasteiger partial charge in [-0.2, -0.15) is 0 Å². The molecule has 1 aromatic heterocycles. The first-order valence-electron chi connectivity index (χ1n) is 7.43. The molecule has 6 heteroatoms. The summed E-state index contributed by atoms with van der Waals surface area (Å²) in [6, 6.07) is 3.78. The predicted molar refractivity (Wildman–Crippen MR) is 87.9 cm³/mol. The number of hydrogen-bond donors (Lipinski definition) is 1. The molecule has 22 heavy (non-hydrogen) atoms. The summed E-state index contributed by atoms with van der Waals surface area (Å²) in [7, 11) is 1.76. The molecule has 0 aromatic carbocycles. The van der Waals surface area contributed by atoms with E-state index in [1.54, 1.807) is 11.9 Å². The second-order valence-electron chi connectivity index (χ2n) is 6.51. The molecular formula is C16H27ClN2O3. The van der Waals surface area contributed by atoms with Gasteiger partial charge in [-0.15, -0.1) is 12.4 Å². The second kappa shape index (κ2) is 6.60. The van der Waals surface area contributed by atoms with Gasteiger partial charge in [-0.3, -0.25) is 4.79 Å². The number of nitrogens with two attached hydrogens (primary N) is 1. The fourth-order valence-electron chi connectivity index (χ4n) is 3.01. The Morgan fingerprint density at radius 3 is 2.59 bits per heavy atom. The van der Waals surface area contributed by atoms with E-state index in [-0.39, 0.29) is 29.8 Å². The molecule has 2 unspecified atom stereocenters. The van der Waals surface area contributed by atoms with Crippen molar-refractivity contribution < 1.29 is 13.9 Å². The predicted octanol–water partition coefficient (Wildman–Crippen LogP) is 2.50. The highest BCUT2D eigenvalue weighted by Crippen LogP contribution is 2.50. The molecule has 0 spiro atoms. The number of ether oxygens (including phenoxy) is 1.